The highest BCUT2D eigenvalue weighted by Gasteiger charge is 2.42. The van der Waals surface area contributed by atoms with Gasteiger partial charge in [-0.1, -0.05) is 0 Å². The van der Waals surface area contributed by atoms with Gasteiger partial charge in [0.05, 0.1) is 19.3 Å². The first kappa shape index (κ1) is 14.7. The summed E-state index contributed by atoms with van der Waals surface area (Å²) in [5.74, 6) is 1.75. The van der Waals surface area contributed by atoms with Crippen molar-refractivity contribution in [1.82, 2.24) is 10.2 Å². The SMILES string of the molecule is O=C(N[C@H]1C[C@H]2CO[C@@H](C3CC3)CN2C1)c1ccc2c(c1)CCO2. The van der Waals surface area contributed by atoms with E-state index in [1.54, 1.807) is 0 Å². The lowest BCUT2D eigenvalue weighted by atomic mass is 10.1. The summed E-state index contributed by atoms with van der Waals surface area (Å²) in [6.45, 7) is 3.54. The molecule has 1 aliphatic carbocycles. The number of hydrogen-bond acceptors (Lipinski definition) is 4. The van der Waals surface area contributed by atoms with E-state index in [-0.39, 0.29) is 11.9 Å². The van der Waals surface area contributed by atoms with Crippen molar-refractivity contribution in [2.45, 2.75) is 43.9 Å². The van der Waals surface area contributed by atoms with E-state index in [1.165, 1.54) is 12.8 Å². The molecule has 0 unspecified atom stereocenters. The Bertz CT molecular complexity index is 658. The molecule has 2 saturated heterocycles. The lowest BCUT2D eigenvalue weighted by molar-refractivity contribution is -0.0581. The first-order valence-electron chi connectivity index (χ1n) is 9.18. The third kappa shape index (κ3) is 2.70. The van der Waals surface area contributed by atoms with Crippen LogP contribution in [-0.4, -0.2) is 55.3 Å². The molecule has 0 spiro atoms. The number of carbonyl (C=O) groups excluding carboxylic acids is 1. The molecule has 128 valence electrons. The Morgan fingerprint density at radius 2 is 2.17 bits per heavy atom. The Hall–Kier alpha value is -1.59. The maximum atomic E-state index is 12.6. The molecule has 24 heavy (non-hydrogen) atoms. The molecule has 1 saturated carbocycles. The largest absolute Gasteiger partial charge is 0.493 e. The number of benzene rings is 1. The number of hydrogen-bond donors (Lipinski definition) is 1. The fourth-order valence-electron chi connectivity index (χ4n) is 4.35. The van der Waals surface area contributed by atoms with Gasteiger partial charge in [-0.05, 0) is 48.9 Å². The minimum Gasteiger partial charge on any atom is -0.493 e. The summed E-state index contributed by atoms with van der Waals surface area (Å²) in [7, 11) is 0. The molecule has 4 aliphatic rings. The molecule has 1 N–H and O–H groups in total. The summed E-state index contributed by atoms with van der Waals surface area (Å²) in [4.78, 5) is 15.1. The molecular formula is C19H24N2O3. The Kier molecular flexibility index (Phi) is 3.52. The fraction of sp³-hybridized carbons (Fsp3) is 0.632. The number of fused-ring (bicyclic) bond motifs is 2. The average molecular weight is 328 g/mol. The van der Waals surface area contributed by atoms with E-state index in [0.29, 0.717) is 12.1 Å². The average Bonchev–Trinajstić information content (AvgIpc) is 3.20. The van der Waals surface area contributed by atoms with E-state index < -0.39 is 0 Å². The van der Waals surface area contributed by atoms with E-state index in [4.69, 9.17) is 9.47 Å². The lowest BCUT2D eigenvalue weighted by Crippen LogP contribution is -2.47. The number of amides is 1. The summed E-state index contributed by atoms with van der Waals surface area (Å²) >= 11 is 0. The number of ether oxygens (including phenoxy) is 2. The molecule has 1 aromatic rings. The smallest absolute Gasteiger partial charge is 0.251 e. The molecule has 3 aliphatic heterocycles. The molecule has 1 aromatic carbocycles. The van der Waals surface area contributed by atoms with Crippen LogP contribution in [-0.2, 0) is 11.2 Å². The molecular weight excluding hydrogens is 304 g/mol. The Morgan fingerprint density at radius 3 is 3.04 bits per heavy atom. The van der Waals surface area contributed by atoms with Gasteiger partial charge in [-0.25, -0.2) is 0 Å². The minimum atomic E-state index is 0.0363. The van der Waals surface area contributed by atoms with Crippen molar-refractivity contribution in [2.75, 3.05) is 26.3 Å². The number of rotatable bonds is 3. The summed E-state index contributed by atoms with van der Waals surface area (Å²) in [5, 5.41) is 3.23. The number of morpholine rings is 1. The second-order valence-corrected chi connectivity index (χ2v) is 7.64. The molecule has 5 nitrogen and oxygen atoms in total. The highest BCUT2D eigenvalue weighted by atomic mass is 16.5. The zero-order chi connectivity index (χ0) is 16.1. The fourth-order valence-corrected chi connectivity index (χ4v) is 4.35. The highest BCUT2D eigenvalue weighted by molar-refractivity contribution is 5.94. The maximum Gasteiger partial charge on any atom is 0.251 e. The van der Waals surface area contributed by atoms with Crippen LogP contribution in [0.2, 0.25) is 0 Å². The molecule has 1 amide bonds. The molecule has 5 rings (SSSR count). The predicted octanol–water partition coefficient (Wildman–Crippen LogP) is 1.60. The van der Waals surface area contributed by atoms with Crippen molar-refractivity contribution in [3.63, 3.8) is 0 Å². The van der Waals surface area contributed by atoms with Crippen LogP contribution in [0.1, 0.15) is 35.2 Å². The summed E-state index contributed by atoms with van der Waals surface area (Å²) in [6, 6.07) is 6.47. The van der Waals surface area contributed by atoms with Gasteiger partial charge in [-0.3, -0.25) is 9.69 Å². The van der Waals surface area contributed by atoms with Crippen molar-refractivity contribution in [1.29, 1.82) is 0 Å². The second-order valence-electron chi connectivity index (χ2n) is 7.64. The first-order chi connectivity index (χ1) is 11.8. The standard InChI is InChI=1S/C19H24N2O3/c22-19(14-3-4-17-13(7-14)5-6-23-17)20-15-8-16-11-24-18(12-1-2-12)10-21(16)9-15/h3-4,7,12,15-16,18H,1-2,5-6,8-11H2,(H,20,22)/t15-,16-,18+/m0/s1. The summed E-state index contributed by atoms with van der Waals surface area (Å²) in [5.41, 5.74) is 1.89. The Labute approximate surface area is 142 Å². The van der Waals surface area contributed by atoms with Crippen molar-refractivity contribution in [3.8, 4) is 5.75 Å². The van der Waals surface area contributed by atoms with Crippen molar-refractivity contribution >= 4 is 5.91 Å². The topological polar surface area (TPSA) is 50.8 Å². The van der Waals surface area contributed by atoms with Gasteiger partial charge in [0.15, 0.2) is 0 Å². The number of nitrogens with one attached hydrogen (secondary N) is 1. The van der Waals surface area contributed by atoms with Crippen LogP contribution in [0.15, 0.2) is 18.2 Å². The van der Waals surface area contributed by atoms with Gasteiger partial charge in [0.1, 0.15) is 5.75 Å². The van der Waals surface area contributed by atoms with Gasteiger partial charge in [-0.2, -0.15) is 0 Å². The maximum absolute atomic E-state index is 12.6. The van der Waals surface area contributed by atoms with E-state index >= 15 is 0 Å². The quantitative estimate of drug-likeness (QED) is 0.916. The van der Waals surface area contributed by atoms with Gasteiger partial charge in [0.25, 0.3) is 5.91 Å². The first-order valence-corrected chi connectivity index (χ1v) is 9.18. The van der Waals surface area contributed by atoms with E-state index in [9.17, 15) is 4.79 Å². The van der Waals surface area contributed by atoms with Crippen LogP contribution in [0.3, 0.4) is 0 Å². The highest BCUT2D eigenvalue weighted by Crippen LogP contribution is 2.38. The Morgan fingerprint density at radius 1 is 1.25 bits per heavy atom. The lowest BCUT2D eigenvalue weighted by Gasteiger charge is -2.35. The summed E-state index contributed by atoms with van der Waals surface area (Å²) < 4.78 is 11.5. The zero-order valence-electron chi connectivity index (χ0n) is 13.9. The zero-order valence-corrected chi connectivity index (χ0v) is 13.9. The van der Waals surface area contributed by atoms with Crippen LogP contribution >= 0.6 is 0 Å². The van der Waals surface area contributed by atoms with Gasteiger partial charge in [-0.15, -0.1) is 0 Å². The van der Waals surface area contributed by atoms with Crippen LogP contribution in [0, 0.1) is 5.92 Å². The third-order valence-corrected chi connectivity index (χ3v) is 5.88. The minimum absolute atomic E-state index is 0.0363. The van der Waals surface area contributed by atoms with Gasteiger partial charge in [0, 0.05) is 37.2 Å². The van der Waals surface area contributed by atoms with Gasteiger partial charge >= 0.3 is 0 Å². The van der Waals surface area contributed by atoms with Crippen molar-refractivity contribution in [3.05, 3.63) is 29.3 Å². The third-order valence-electron chi connectivity index (χ3n) is 5.88. The Balaban J connectivity index is 1.21. The van der Waals surface area contributed by atoms with Crippen molar-refractivity contribution < 1.29 is 14.3 Å². The van der Waals surface area contributed by atoms with Gasteiger partial charge < -0.3 is 14.8 Å². The normalized spacial score (nSPS) is 32.1. The molecule has 0 radical (unpaired) electrons. The van der Waals surface area contributed by atoms with Gasteiger partial charge in [0.2, 0.25) is 0 Å². The summed E-state index contributed by atoms with van der Waals surface area (Å²) in [6.07, 6.45) is 4.97. The predicted molar refractivity (Wildman–Crippen MR) is 89.3 cm³/mol. The van der Waals surface area contributed by atoms with Crippen LogP contribution in [0.5, 0.6) is 5.75 Å². The molecule has 3 fully saturated rings. The molecule has 0 aromatic heterocycles. The van der Waals surface area contributed by atoms with Crippen LogP contribution < -0.4 is 10.1 Å². The molecule has 0 bridgehead atoms. The van der Waals surface area contributed by atoms with E-state index in [2.05, 4.69) is 10.2 Å². The monoisotopic (exact) mass is 328 g/mol. The molecule has 3 heterocycles. The van der Waals surface area contributed by atoms with E-state index in [1.807, 2.05) is 18.2 Å². The van der Waals surface area contributed by atoms with E-state index in [0.717, 1.165) is 61.9 Å². The molecule has 3 atom stereocenters. The van der Waals surface area contributed by atoms with Crippen molar-refractivity contribution in [2.24, 2.45) is 5.92 Å². The molecule has 5 heteroatoms. The second kappa shape index (κ2) is 5.74. The number of carbonyl (C=O) groups is 1. The number of nitrogens with zero attached hydrogens (tertiary/aromatic N) is 1. The van der Waals surface area contributed by atoms with Crippen LogP contribution in [0.25, 0.3) is 0 Å². The van der Waals surface area contributed by atoms with Crippen LogP contribution in [0.4, 0.5) is 0 Å².